The summed E-state index contributed by atoms with van der Waals surface area (Å²) in [5.74, 6) is 0.862. The second kappa shape index (κ2) is 8.40. The molecule has 0 spiro atoms. The molecule has 1 aliphatic carbocycles. The Kier molecular flexibility index (Phi) is 5.79. The molecule has 2 aliphatic rings. The topological polar surface area (TPSA) is 101 Å². The van der Waals surface area contributed by atoms with Gasteiger partial charge in [-0.1, -0.05) is 0 Å². The molecule has 1 atom stereocenters. The number of anilines is 2. The van der Waals surface area contributed by atoms with Crippen LogP contribution in [0.5, 0.6) is 0 Å². The van der Waals surface area contributed by atoms with E-state index in [1.165, 1.54) is 6.07 Å². The van der Waals surface area contributed by atoms with Crippen LogP contribution in [-0.4, -0.2) is 56.2 Å². The maximum Gasteiger partial charge on any atom is 0.410 e. The number of imidazole rings is 1. The summed E-state index contributed by atoms with van der Waals surface area (Å²) in [6.07, 6.45) is 4.22. The van der Waals surface area contributed by atoms with Gasteiger partial charge in [-0.3, -0.25) is 4.79 Å². The number of carbonyl (C=O) groups excluding carboxylic acids is 2. The fourth-order valence-corrected chi connectivity index (χ4v) is 3.74. The quantitative estimate of drug-likeness (QED) is 0.685. The van der Waals surface area contributed by atoms with Crippen molar-refractivity contribution in [1.29, 1.82) is 0 Å². The van der Waals surface area contributed by atoms with E-state index in [9.17, 15) is 14.0 Å². The third-order valence-corrected chi connectivity index (χ3v) is 5.38. The molecule has 32 heavy (non-hydrogen) atoms. The van der Waals surface area contributed by atoms with Crippen LogP contribution in [0.25, 0.3) is 0 Å². The predicted octanol–water partition coefficient (Wildman–Crippen LogP) is 3.51. The van der Waals surface area contributed by atoms with Crippen LogP contribution in [0.1, 0.15) is 62.1 Å². The summed E-state index contributed by atoms with van der Waals surface area (Å²) in [6.45, 7) is 6.31. The number of nitrogens with zero attached hydrogens (tertiary/aromatic N) is 4. The van der Waals surface area contributed by atoms with Crippen molar-refractivity contribution >= 4 is 23.6 Å². The highest BCUT2D eigenvalue weighted by Crippen LogP contribution is 2.39. The molecular weight excluding hydrogens is 415 g/mol. The summed E-state index contributed by atoms with van der Waals surface area (Å²) in [5.41, 5.74) is -0.372. The number of aryl methyl sites for hydroxylation is 1. The number of amides is 2. The Morgan fingerprint density at radius 3 is 2.62 bits per heavy atom. The van der Waals surface area contributed by atoms with Crippen LogP contribution in [0.4, 0.5) is 20.8 Å². The van der Waals surface area contributed by atoms with E-state index in [1.807, 2.05) is 32.4 Å². The minimum Gasteiger partial charge on any atom is -0.444 e. The van der Waals surface area contributed by atoms with E-state index < -0.39 is 23.5 Å². The number of hydrogen-bond acceptors (Lipinski definition) is 6. The summed E-state index contributed by atoms with van der Waals surface area (Å²) in [6, 6.07) is 2.36. The van der Waals surface area contributed by atoms with Gasteiger partial charge < -0.3 is 24.8 Å². The zero-order chi connectivity index (χ0) is 23.0. The average molecular weight is 445 g/mol. The highest BCUT2D eigenvalue weighted by Gasteiger charge is 2.31. The van der Waals surface area contributed by atoms with Gasteiger partial charge >= 0.3 is 6.09 Å². The first kappa shape index (κ1) is 22.0. The second-order valence-electron chi connectivity index (χ2n) is 9.41. The van der Waals surface area contributed by atoms with Crippen molar-refractivity contribution in [2.24, 2.45) is 7.05 Å². The van der Waals surface area contributed by atoms with Crippen molar-refractivity contribution in [2.45, 2.75) is 57.6 Å². The SMILES string of the molecule is Cn1cc(NC(=O)c2ccc(F)nc2NC2CCN(C(=O)OC(C)(C)C)C2)nc1C1CC1. The second-order valence-corrected chi connectivity index (χ2v) is 9.41. The molecule has 2 amide bonds. The zero-order valence-corrected chi connectivity index (χ0v) is 18.8. The van der Waals surface area contributed by atoms with Crippen molar-refractivity contribution in [3.8, 4) is 0 Å². The Morgan fingerprint density at radius 1 is 1.19 bits per heavy atom. The molecule has 10 heteroatoms. The summed E-state index contributed by atoms with van der Waals surface area (Å²) in [4.78, 5) is 35.2. The van der Waals surface area contributed by atoms with Crippen molar-refractivity contribution in [3.63, 3.8) is 0 Å². The Labute approximate surface area is 186 Å². The van der Waals surface area contributed by atoms with Crippen molar-refractivity contribution in [2.75, 3.05) is 23.7 Å². The number of pyridine rings is 1. The van der Waals surface area contributed by atoms with Gasteiger partial charge in [0.05, 0.1) is 5.56 Å². The van der Waals surface area contributed by atoms with Crippen LogP contribution in [-0.2, 0) is 11.8 Å². The first-order chi connectivity index (χ1) is 15.1. The van der Waals surface area contributed by atoms with Gasteiger partial charge in [0, 0.05) is 38.3 Å². The van der Waals surface area contributed by atoms with Crippen LogP contribution in [0.15, 0.2) is 18.3 Å². The number of likely N-dealkylation sites (tertiary alicyclic amines) is 1. The number of carbonyl (C=O) groups is 2. The smallest absolute Gasteiger partial charge is 0.410 e. The normalized spacial score (nSPS) is 18.5. The third kappa shape index (κ3) is 5.17. The van der Waals surface area contributed by atoms with Crippen LogP contribution in [0.3, 0.4) is 0 Å². The standard InChI is InChI=1S/C22H29FN6O3/c1-22(2,3)32-21(31)29-10-9-14(11-29)24-18-15(7-8-16(23)25-18)20(30)27-17-12-28(4)19(26-17)13-5-6-13/h7-8,12-14H,5-6,9-11H2,1-4H3,(H,24,25)(H,27,30). The summed E-state index contributed by atoms with van der Waals surface area (Å²) in [7, 11) is 1.90. The average Bonchev–Trinajstić information content (AvgIpc) is 3.31. The van der Waals surface area contributed by atoms with E-state index in [0.717, 1.165) is 24.7 Å². The lowest BCUT2D eigenvalue weighted by Crippen LogP contribution is -2.36. The molecule has 2 fully saturated rings. The number of ether oxygens (including phenoxy) is 1. The Morgan fingerprint density at radius 2 is 1.94 bits per heavy atom. The molecule has 1 aliphatic heterocycles. The minimum atomic E-state index is -0.695. The fourth-order valence-electron chi connectivity index (χ4n) is 3.74. The summed E-state index contributed by atoms with van der Waals surface area (Å²) in [5, 5.41) is 5.90. The molecule has 9 nitrogen and oxygen atoms in total. The lowest BCUT2D eigenvalue weighted by atomic mass is 10.2. The van der Waals surface area contributed by atoms with Gasteiger partial charge in [0.25, 0.3) is 5.91 Å². The molecular formula is C22H29FN6O3. The van der Waals surface area contributed by atoms with E-state index in [0.29, 0.717) is 31.2 Å². The number of rotatable bonds is 5. The van der Waals surface area contributed by atoms with Crippen LogP contribution in [0, 0.1) is 5.95 Å². The maximum atomic E-state index is 13.9. The van der Waals surface area contributed by atoms with Gasteiger partial charge in [0.15, 0.2) is 5.82 Å². The van der Waals surface area contributed by atoms with Gasteiger partial charge in [-0.2, -0.15) is 4.39 Å². The van der Waals surface area contributed by atoms with Gasteiger partial charge in [0.1, 0.15) is 17.2 Å². The van der Waals surface area contributed by atoms with E-state index in [1.54, 1.807) is 11.1 Å². The third-order valence-electron chi connectivity index (χ3n) is 5.38. The number of nitrogens with one attached hydrogen (secondary N) is 2. The number of halogens is 1. The molecule has 1 saturated heterocycles. The molecule has 2 N–H and O–H groups in total. The fraction of sp³-hybridized carbons (Fsp3) is 0.545. The number of hydrogen-bond donors (Lipinski definition) is 2. The minimum absolute atomic E-state index is 0.136. The zero-order valence-electron chi connectivity index (χ0n) is 18.8. The van der Waals surface area contributed by atoms with E-state index in [4.69, 9.17) is 4.74 Å². The van der Waals surface area contributed by atoms with Crippen LogP contribution < -0.4 is 10.6 Å². The highest BCUT2D eigenvalue weighted by molar-refractivity contribution is 6.07. The van der Waals surface area contributed by atoms with Gasteiger partial charge in [-0.05, 0) is 52.2 Å². The van der Waals surface area contributed by atoms with Crippen molar-refractivity contribution < 1.29 is 18.7 Å². The summed E-state index contributed by atoms with van der Waals surface area (Å²) < 4.78 is 21.2. The largest absolute Gasteiger partial charge is 0.444 e. The molecule has 0 aromatic carbocycles. The molecule has 0 radical (unpaired) electrons. The molecule has 172 valence electrons. The Bertz CT molecular complexity index is 1030. The van der Waals surface area contributed by atoms with Crippen molar-refractivity contribution in [3.05, 3.63) is 35.7 Å². The molecule has 2 aromatic rings. The molecule has 1 saturated carbocycles. The van der Waals surface area contributed by atoms with Crippen LogP contribution >= 0.6 is 0 Å². The predicted molar refractivity (Wildman–Crippen MR) is 117 cm³/mol. The molecule has 0 bridgehead atoms. The lowest BCUT2D eigenvalue weighted by molar-refractivity contribution is 0.0293. The van der Waals surface area contributed by atoms with E-state index in [-0.39, 0.29) is 17.4 Å². The Hall–Kier alpha value is -3.17. The number of aromatic nitrogens is 3. The van der Waals surface area contributed by atoms with Gasteiger partial charge in [-0.15, -0.1) is 0 Å². The molecule has 4 rings (SSSR count). The van der Waals surface area contributed by atoms with E-state index >= 15 is 0 Å². The molecule has 1 unspecified atom stereocenters. The van der Waals surface area contributed by atoms with Crippen LogP contribution in [0.2, 0.25) is 0 Å². The van der Waals surface area contributed by atoms with E-state index in [2.05, 4.69) is 20.6 Å². The summed E-state index contributed by atoms with van der Waals surface area (Å²) >= 11 is 0. The lowest BCUT2D eigenvalue weighted by Gasteiger charge is -2.24. The maximum absolute atomic E-state index is 13.9. The van der Waals surface area contributed by atoms with Gasteiger partial charge in [0.2, 0.25) is 5.95 Å². The molecule has 3 heterocycles. The van der Waals surface area contributed by atoms with Gasteiger partial charge in [-0.25, -0.2) is 14.8 Å². The highest BCUT2D eigenvalue weighted by atomic mass is 19.1. The van der Waals surface area contributed by atoms with Crippen molar-refractivity contribution in [1.82, 2.24) is 19.4 Å². The first-order valence-electron chi connectivity index (χ1n) is 10.8. The first-order valence-corrected chi connectivity index (χ1v) is 10.8. The monoisotopic (exact) mass is 444 g/mol. The Balaban J connectivity index is 1.44. The molecule has 2 aromatic heterocycles.